The Labute approximate surface area is 121 Å². The SMILES string of the molecule is Cc1cc(-c2noc(NC(C)(C)C)n2)cc(C)c1Br. The normalized spacial score (nSPS) is 11.7. The van der Waals surface area contributed by atoms with Gasteiger partial charge in [-0.15, -0.1) is 0 Å². The molecule has 0 aliphatic rings. The number of aryl methyl sites for hydroxylation is 2. The molecule has 1 aromatic heterocycles. The summed E-state index contributed by atoms with van der Waals surface area (Å²) in [7, 11) is 0. The molecule has 0 fully saturated rings. The van der Waals surface area contributed by atoms with Gasteiger partial charge in [-0.2, -0.15) is 4.98 Å². The number of hydrogen-bond acceptors (Lipinski definition) is 4. The van der Waals surface area contributed by atoms with Crippen LogP contribution in [-0.4, -0.2) is 15.7 Å². The third kappa shape index (κ3) is 3.35. The van der Waals surface area contributed by atoms with E-state index < -0.39 is 0 Å². The van der Waals surface area contributed by atoms with E-state index in [1.807, 2.05) is 32.9 Å². The summed E-state index contributed by atoms with van der Waals surface area (Å²) in [5.41, 5.74) is 3.18. The number of nitrogens with one attached hydrogen (secondary N) is 1. The lowest BCUT2D eigenvalue weighted by molar-refractivity contribution is 0.420. The van der Waals surface area contributed by atoms with Crippen molar-refractivity contribution in [2.24, 2.45) is 0 Å². The van der Waals surface area contributed by atoms with Crippen molar-refractivity contribution in [1.82, 2.24) is 10.1 Å². The van der Waals surface area contributed by atoms with Crippen LogP contribution in [0.4, 0.5) is 6.01 Å². The first-order chi connectivity index (χ1) is 8.76. The third-order valence-corrected chi connectivity index (χ3v) is 3.85. The van der Waals surface area contributed by atoms with E-state index in [-0.39, 0.29) is 5.54 Å². The van der Waals surface area contributed by atoms with Crippen LogP contribution in [0.1, 0.15) is 31.9 Å². The van der Waals surface area contributed by atoms with Gasteiger partial charge in [0.05, 0.1) is 0 Å². The number of rotatable bonds is 2. The van der Waals surface area contributed by atoms with E-state index in [2.05, 4.69) is 45.2 Å². The molecule has 19 heavy (non-hydrogen) atoms. The van der Waals surface area contributed by atoms with Gasteiger partial charge < -0.3 is 9.84 Å². The molecule has 0 saturated carbocycles. The fourth-order valence-corrected chi connectivity index (χ4v) is 2.02. The highest BCUT2D eigenvalue weighted by Gasteiger charge is 2.16. The van der Waals surface area contributed by atoms with E-state index >= 15 is 0 Å². The second kappa shape index (κ2) is 4.96. The Balaban J connectivity index is 2.33. The molecule has 0 bridgehead atoms. The smallest absolute Gasteiger partial charge is 0.322 e. The van der Waals surface area contributed by atoms with Gasteiger partial charge in [0.15, 0.2) is 0 Å². The first-order valence-corrected chi connectivity index (χ1v) is 6.94. The predicted molar refractivity (Wildman–Crippen MR) is 80.3 cm³/mol. The van der Waals surface area contributed by atoms with Crippen molar-refractivity contribution >= 4 is 21.9 Å². The minimum atomic E-state index is -0.102. The zero-order chi connectivity index (χ0) is 14.2. The summed E-state index contributed by atoms with van der Waals surface area (Å²) in [4.78, 5) is 4.37. The van der Waals surface area contributed by atoms with Crippen LogP contribution in [0, 0.1) is 13.8 Å². The molecule has 1 aromatic carbocycles. The predicted octanol–water partition coefficient (Wildman–Crippen LogP) is 4.33. The summed E-state index contributed by atoms with van der Waals surface area (Å²) in [6.45, 7) is 10.2. The van der Waals surface area contributed by atoms with Crippen LogP contribution < -0.4 is 5.32 Å². The fraction of sp³-hybridized carbons (Fsp3) is 0.429. The molecule has 0 saturated heterocycles. The molecule has 2 rings (SSSR count). The van der Waals surface area contributed by atoms with Gasteiger partial charge in [-0.05, 0) is 57.9 Å². The molecule has 0 aliphatic heterocycles. The Morgan fingerprint density at radius 2 is 1.74 bits per heavy atom. The van der Waals surface area contributed by atoms with Crippen LogP contribution >= 0.6 is 15.9 Å². The quantitative estimate of drug-likeness (QED) is 0.893. The summed E-state index contributed by atoms with van der Waals surface area (Å²) in [5.74, 6) is 0.602. The van der Waals surface area contributed by atoms with Gasteiger partial charge in [0.1, 0.15) is 0 Å². The second-order valence-corrected chi connectivity index (χ2v) is 6.52. The Morgan fingerprint density at radius 1 is 1.16 bits per heavy atom. The Hall–Kier alpha value is -1.36. The molecular weight excluding hydrogens is 306 g/mol. The molecule has 0 atom stereocenters. The number of anilines is 1. The van der Waals surface area contributed by atoms with Crippen molar-refractivity contribution in [3.63, 3.8) is 0 Å². The van der Waals surface area contributed by atoms with E-state index in [0.717, 1.165) is 21.2 Å². The molecule has 5 heteroatoms. The van der Waals surface area contributed by atoms with Crippen LogP contribution in [0.2, 0.25) is 0 Å². The van der Waals surface area contributed by atoms with Gasteiger partial charge in [0, 0.05) is 15.6 Å². The summed E-state index contributed by atoms with van der Waals surface area (Å²) >= 11 is 3.55. The molecule has 4 nitrogen and oxygen atoms in total. The monoisotopic (exact) mass is 323 g/mol. The molecule has 0 unspecified atom stereocenters. The van der Waals surface area contributed by atoms with Gasteiger partial charge >= 0.3 is 6.01 Å². The maximum atomic E-state index is 5.22. The van der Waals surface area contributed by atoms with Crippen LogP contribution in [-0.2, 0) is 0 Å². The zero-order valence-corrected chi connectivity index (χ0v) is 13.4. The maximum Gasteiger partial charge on any atom is 0.322 e. The van der Waals surface area contributed by atoms with Crippen molar-refractivity contribution in [3.05, 3.63) is 27.7 Å². The Bertz CT molecular complexity index is 576. The van der Waals surface area contributed by atoms with Crippen LogP contribution in [0.25, 0.3) is 11.4 Å². The number of benzene rings is 1. The van der Waals surface area contributed by atoms with Crippen molar-refractivity contribution in [1.29, 1.82) is 0 Å². The van der Waals surface area contributed by atoms with E-state index in [1.165, 1.54) is 0 Å². The Kier molecular flexibility index (Phi) is 3.67. The summed E-state index contributed by atoms with van der Waals surface area (Å²) in [6, 6.07) is 4.53. The van der Waals surface area contributed by atoms with Crippen molar-refractivity contribution < 1.29 is 4.52 Å². The second-order valence-electron chi connectivity index (χ2n) is 5.72. The molecule has 0 radical (unpaired) electrons. The maximum absolute atomic E-state index is 5.22. The molecule has 1 N–H and O–H groups in total. The lowest BCUT2D eigenvalue weighted by atomic mass is 10.1. The molecule has 102 valence electrons. The molecule has 2 aromatic rings. The largest absolute Gasteiger partial charge is 0.333 e. The summed E-state index contributed by atoms with van der Waals surface area (Å²) in [6.07, 6.45) is 0. The molecule has 0 aliphatic carbocycles. The number of halogens is 1. The Morgan fingerprint density at radius 3 is 2.26 bits per heavy atom. The van der Waals surface area contributed by atoms with E-state index in [1.54, 1.807) is 0 Å². The number of nitrogens with zero attached hydrogens (tertiary/aromatic N) is 2. The first-order valence-electron chi connectivity index (χ1n) is 6.15. The fourth-order valence-electron chi connectivity index (χ4n) is 1.79. The highest BCUT2D eigenvalue weighted by Crippen LogP contribution is 2.27. The van der Waals surface area contributed by atoms with Crippen molar-refractivity contribution in [3.8, 4) is 11.4 Å². The summed E-state index contributed by atoms with van der Waals surface area (Å²) in [5, 5.41) is 7.18. The van der Waals surface area contributed by atoms with E-state index in [0.29, 0.717) is 11.8 Å². The van der Waals surface area contributed by atoms with E-state index in [4.69, 9.17) is 4.52 Å². The topological polar surface area (TPSA) is 51.0 Å². The molecule has 0 spiro atoms. The van der Waals surface area contributed by atoms with Crippen LogP contribution in [0.3, 0.4) is 0 Å². The minimum Gasteiger partial charge on any atom is -0.333 e. The first kappa shape index (κ1) is 14.1. The number of hydrogen-bond donors (Lipinski definition) is 1. The average molecular weight is 324 g/mol. The van der Waals surface area contributed by atoms with E-state index in [9.17, 15) is 0 Å². The van der Waals surface area contributed by atoms with Crippen molar-refractivity contribution in [2.75, 3.05) is 5.32 Å². The molecular formula is C14H18BrN3O. The molecule has 0 amide bonds. The lowest BCUT2D eigenvalue weighted by Gasteiger charge is -2.17. The van der Waals surface area contributed by atoms with Gasteiger partial charge in [0.25, 0.3) is 0 Å². The van der Waals surface area contributed by atoms with Gasteiger partial charge in [0.2, 0.25) is 5.82 Å². The number of aromatic nitrogens is 2. The minimum absolute atomic E-state index is 0.102. The average Bonchev–Trinajstić information content (AvgIpc) is 2.71. The highest BCUT2D eigenvalue weighted by atomic mass is 79.9. The summed E-state index contributed by atoms with van der Waals surface area (Å²) < 4.78 is 6.34. The van der Waals surface area contributed by atoms with Gasteiger partial charge in [-0.1, -0.05) is 21.1 Å². The molecule has 1 heterocycles. The highest BCUT2D eigenvalue weighted by molar-refractivity contribution is 9.10. The van der Waals surface area contributed by atoms with Crippen LogP contribution in [0.15, 0.2) is 21.1 Å². The van der Waals surface area contributed by atoms with Crippen molar-refractivity contribution in [2.45, 2.75) is 40.2 Å². The zero-order valence-electron chi connectivity index (χ0n) is 11.8. The van der Waals surface area contributed by atoms with Crippen LogP contribution in [0.5, 0.6) is 0 Å². The standard InChI is InChI=1S/C14H18BrN3O/c1-8-6-10(7-9(2)11(8)15)12-16-13(19-18-12)17-14(3,4)5/h6-7H,1-5H3,(H,16,17,18). The van der Waals surface area contributed by atoms with Gasteiger partial charge in [-0.3, -0.25) is 0 Å². The lowest BCUT2D eigenvalue weighted by Crippen LogP contribution is -2.26. The third-order valence-electron chi connectivity index (χ3n) is 2.60. The van der Waals surface area contributed by atoms with Gasteiger partial charge in [-0.25, -0.2) is 0 Å².